The molecule has 0 spiro atoms. The molecule has 47 heavy (non-hydrogen) atoms. The van der Waals surface area contributed by atoms with E-state index in [2.05, 4.69) is 20.1 Å². The van der Waals surface area contributed by atoms with Gasteiger partial charge in [-0.3, -0.25) is 0 Å². The van der Waals surface area contributed by atoms with Gasteiger partial charge in [-0.2, -0.15) is 9.97 Å². The van der Waals surface area contributed by atoms with Gasteiger partial charge in [-0.1, -0.05) is 6.07 Å². The number of phenolic OH excluding ortho intramolecular Hbond substituents is 1. The van der Waals surface area contributed by atoms with Crippen molar-refractivity contribution in [1.29, 1.82) is 0 Å². The number of benzene rings is 3. The number of nitrogens with zero attached hydrogens (tertiary/aromatic N) is 4. The fourth-order valence-corrected chi connectivity index (χ4v) is 8.63. The number of hydrogen-bond donors (Lipinski definition) is 2. The number of likely N-dealkylation sites (tertiary alicyclic amines) is 1. The number of hydrogen-bond acceptors (Lipinski definition) is 8. The number of phenols is 1. The first-order chi connectivity index (χ1) is 22.7. The summed E-state index contributed by atoms with van der Waals surface area (Å²) < 4.78 is 58.8. The Hall–Kier alpha value is -3.67. The van der Waals surface area contributed by atoms with Gasteiger partial charge >= 0.3 is 6.01 Å². The number of halogens is 3. The fourth-order valence-electron chi connectivity index (χ4n) is 8.63. The average Bonchev–Trinajstić information content (AvgIpc) is 3.29. The summed E-state index contributed by atoms with van der Waals surface area (Å²) in [6.45, 7) is 8.38. The van der Waals surface area contributed by atoms with Crippen molar-refractivity contribution in [1.82, 2.24) is 20.2 Å². The molecule has 1 aromatic heterocycles. The number of aryl methyl sites for hydroxylation is 1. The molecule has 0 amide bonds. The number of aromatic hydroxyl groups is 1. The Morgan fingerprint density at radius 3 is 2.45 bits per heavy atom. The molecule has 5 fully saturated rings. The minimum absolute atomic E-state index is 0.0190. The third kappa shape index (κ3) is 5.09. The Morgan fingerprint density at radius 1 is 0.979 bits per heavy atom. The van der Waals surface area contributed by atoms with Crippen LogP contribution in [0.25, 0.3) is 32.8 Å². The molecule has 9 rings (SSSR count). The van der Waals surface area contributed by atoms with Gasteiger partial charge in [-0.05, 0) is 73.4 Å². The zero-order valence-electron chi connectivity index (χ0n) is 26.4. The smallest absolute Gasteiger partial charge is 0.319 e. The SMILES string of the molecule is Cc1cc2c(N3CC4CCC(C3)N4)nc(OCC3(CN4C[C@H]5COC[C@@H]5C4)CC3)nc2c(F)c1-c1cc(O)cc2ccc(F)c(F)c12. The zero-order valence-corrected chi connectivity index (χ0v) is 26.4. The number of piperazine rings is 1. The number of aromatic nitrogens is 2. The number of nitrogens with one attached hydrogen (secondary N) is 1. The van der Waals surface area contributed by atoms with E-state index < -0.39 is 17.5 Å². The van der Waals surface area contributed by atoms with E-state index in [1.165, 1.54) is 18.2 Å². The van der Waals surface area contributed by atoms with E-state index in [1.807, 2.05) is 6.07 Å². The van der Waals surface area contributed by atoms with Crippen LogP contribution in [0.5, 0.6) is 11.8 Å². The highest BCUT2D eigenvalue weighted by atomic mass is 19.2. The van der Waals surface area contributed by atoms with Crippen LogP contribution >= 0.6 is 0 Å². The molecule has 11 heteroatoms. The lowest BCUT2D eigenvalue weighted by Gasteiger charge is -2.34. The van der Waals surface area contributed by atoms with Crippen LogP contribution in [0.1, 0.15) is 31.2 Å². The molecule has 2 unspecified atom stereocenters. The molecule has 2 bridgehead atoms. The fraction of sp³-hybridized carbons (Fsp3) is 0.500. The highest BCUT2D eigenvalue weighted by molar-refractivity contribution is 6.02. The standard InChI is InChI=1S/C36H38F3N5O3/c1-19-8-27-33(32(39)29(19)26-10-25(45)9-20-2-5-28(37)31(38)30(20)26)41-35(42-34(27)44-13-23-3-4-24(14-44)40-23)47-18-36(6-7-36)17-43-11-21-15-46-16-22(21)12-43/h2,5,8-10,21-24,40,45H,3-4,6-7,11-18H2,1H3/t21-,22-,23?,24?/m0/s1. The Kier molecular flexibility index (Phi) is 6.85. The molecule has 2 N–H and O–H groups in total. The molecular weight excluding hydrogens is 607 g/mol. The molecule has 1 saturated carbocycles. The van der Waals surface area contributed by atoms with Crippen molar-refractivity contribution in [3.05, 3.63) is 53.3 Å². The second-order valence-corrected chi connectivity index (χ2v) is 14.6. The summed E-state index contributed by atoms with van der Waals surface area (Å²) in [6.07, 6.45) is 4.26. The van der Waals surface area contributed by atoms with Crippen molar-refractivity contribution in [3.63, 3.8) is 0 Å². The van der Waals surface area contributed by atoms with Gasteiger partial charge < -0.3 is 29.7 Å². The summed E-state index contributed by atoms with van der Waals surface area (Å²) in [7, 11) is 0. The van der Waals surface area contributed by atoms with E-state index in [-0.39, 0.29) is 44.6 Å². The number of fused-ring (bicyclic) bond motifs is 5. The van der Waals surface area contributed by atoms with E-state index >= 15 is 8.78 Å². The van der Waals surface area contributed by atoms with Crippen molar-refractivity contribution < 1.29 is 27.8 Å². The third-order valence-corrected chi connectivity index (χ3v) is 11.2. The lowest BCUT2D eigenvalue weighted by molar-refractivity contribution is 0.131. The highest BCUT2D eigenvalue weighted by Crippen LogP contribution is 2.48. The van der Waals surface area contributed by atoms with E-state index in [1.54, 1.807) is 6.92 Å². The van der Waals surface area contributed by atoms with Crippen LogP contribution in [0.3, 0.4) is 0 Å². The van der Waals surface area contributed by atoms with Crippen LogP contribution in [-0.2, 0) is 4.74 Å². The van der Waals surface area contributed by atoms with Gasteiger partial charge in [0.2, 0.25) is 0 Å². The molecule has 8 nitrogen and oxygen atoms in total. The maximum Gasteiger partial charge on any atom is 0.319 e. The topological polar surface area (TPSA) is 83.0 Å². The van der Waals surface area contributed by atoms with E-state index in [9.17, 15) is 9.50 Å². The van der Waals surface area contributed by atoms with Gasteiger partial charge in [0, 0.05) is 78.4 Å². The van der Waals surface area contributed by atoms with E-state index in [0.717, 1.165) is 77.7 Å². The maximum absolute atomic E-state index is 17.0. The van der Waals surface area contributed by atoms with Gasteiger partial charge in [0.05, 0.1) is 19.8 Å². The molecule has 4 atom stereocenters. The average molecular weight is 646 g/mol. The van der Waals surface area contributed by atoms with Crippen molar-refractivity contribution in [2.75, 3.05) is 57.4 Å². The van der Waals surface area contributed by atoms with E-state index in [4.69, 9.17) is 14.5 Å². The molecule has 246 valence electrons. The lowest BCUT2D eigenvalue weighted by atomic mass is 9.92. The van der Waals surface area contributed by atoms with Gasteiger partial charge in [0.25, 0.3) is 0 Å². The van der Waals surface area contributed by atoms with Gasteiger partial charge in [-0.25, -0.2) is 13.2 Å². The minimum atomic E-state index is -1.09. The monoisotopic (exact) mass is 645 g/mol. The summed E-state index contributed by atoms with van der Waals surface area (Å²) in [4.78, 5) is 14.3. The molecule has 3 aromatic carbocycles. The largest absolute Gasteiger partial charge is 0.508 e. The minimum Gasteiger partial charge on any atom is -0.508 e. The third-order valence-electron chi connectivity index (χ3n) is 11.2. The summed E-state index contributed by atoms with van der Waals surface area (Å²) >= 11 is 0. The molecule has 1 aliphatic carbocycles. The quantitative estimate of drug-likeness (QED) is 0.271. The van der Waals surface area contributed by atoms with Crippen molar-refractivity contribution in [2.45, 2.75) is 44.7 Å². The van der Waals surface area contributed by atoms with Gasteiger partial charge in [-0.15, -0.1) is 0 Å². The van der Waals surface area contributed by atoms with Crippen molar-refractivity contribution in [2.24, 2.45) is 17.3 Å². The molecule has 4 aromatic rings. The molecule has 4 aliphatic heterocycles. The van der Waals surface area contributed by atoms with Gasteiger partial charge in [0.15, 0.2) is 17.5 Å². The van der Waals surface area contributed by atoms with Crippen LogP contribution in [-0.4, -0.2) is 84.6 Å². The summed E-state index contributed by atoms with van der Waals surface area (Å²) in [6, 6.07) is 7.59. The Bertz CT molecular complexity index is 1900. The number of rotatable bonds is 7. The van der Waals surface area contributed by atoms with Crippen molar-refractivity contribution in [3.8, 4) is 22.9 Å². The molecule has 5 aliphatic rings. The highest BCUT2D eigenvalue weighted by Gasteiger charge is 2.48. The second-order valence-electron chi connectivity index (χ2n) is 14.6. The summed E-state index contributed by atoms with van der Waals surface area (Å²) in [5, 5.41) is 14.9. The first-order valence-electron chi connectivity index (χ1n) is 16.8. The number of ether oxygens (including phenoxy) is 2. The normalized spacial score (nSPS) is 26.4. The van der Waals surface area contributed by atoms with Crippen LogP contribution in [0.2, 0.25) is 0 Å². The Balaban J connectivity index is 1.12. The number of anilines is 1. The van der Waals surface area contributed by atoms with Crippen LogP contribution in [0.15, 0.2) is 30.3 Å². The first kappa shape index (κ1) is 29.5. The van der Waals surface area contributed by atoms with Crippen LogP contribution < -0.4 is 15.0 Å². The molecule has 4 saturated heterocycles. The lowest BCUT2D eigenvalue weighted by Crippen LogP contribution is -2.51. The Morgan fingerprint density at radius 2 is 1.72 bits per heavy atom. The molecule has 5 heterocycles. The predicted molar refractivity (Wildman–Crippen MR) is 172 cm³/mol. The maximum atomic E-state index is 17.0. The summed E-state index contributed by atoms with van der Waals surface area (Å²) in [5.74, 6) is -1.16. The molecular formula is C36H38F3N5O3. The predicted octanol–water partition coefficient (Wildman–Crippen LogP) is 5.56. The summed E-state index contributed by atoms with van der Waals surface area (Å²) in [5.41, 5.74) is 0.697. The first-order valence-corrected chi connectivity index (χ1v) is 16.8. The second kappa shape index (κ2) is 10.9. The van der Waals surface area contributed by atoms with Crippen LogP contribution in [0, 0.1) is 41.6 Å². The van der Waals surface area contributed by atoms with E-state index in [0.29, 0.717) is 47.3 Å². The van der Waals surface area contributed by atoms with Crippen LogP contribution in [0.4, 0.5) is 19.0 Å². The van der Waals surface area contributed by atoms with Crippen molar-refractivity contribution >= 4 is 27.5 Å². The Labute approximate surface area is 270 Å². The zero-order chi connectivity index (χ0) is 32.0. The van der Waals surface area contributed by atoms with Gasteiger partial charge in [0.1, 0.15) is 17.1 Å². The molecule has 0 radical (unpaired) electrons.